The van der Waals surface area contributed by atoms with Gasteiger partial charge >= 0.3 is 0 Å². The largest absolute Gasteiger partial charge is 0.387 e. The smallest absolute Gasteiger partial charge is 0.258 e. The van der Waals surface area contributed by atoms with Crippen molar-refractivity contribution in [1.29, 1.82) is 0 Å². The first-order valence-corrected chi connectivity index (χ1v) is 11.9. The molecule has 3 heterocycles. The summed E-state index contributed by atoms with van der Waals surface area (Å²) in [7, 11) is 0. The fourth-order valence-corrected chi connectivity index (χ4v) is 4.31. The maximum Gasteiger partial charge on any atom is 0.258 e. The maximum absolute atomic E-state index is 13.6. The molecule has 7 heteroatoms. The van der Waals surface area contributed by atoms with Crippen LogP contribution in [0.1, 0.15) is 62.8 Å². The van der Waals surface area contributed by atoms with Crippen molar-refractivity contribution >= 4 is 22.6 Å². The van der Waals surface area contributed by atoms with Gasteiger partial charge in [0, 0.05) is 47.4 Å². The van der Waals surface area contributed by atoms with E-state index in [1.165, 1.54) is 0 Å². The van der Waals surface area contributed by atoms with E-state index in [4.69, 9.17) is 0 Å². The van der Waals surface area contributed by atoms with Crippen LogP contribution < -0.4 is 10.9 Å². The predicted molar refractivity (Wildman–Crippen MR) is 128 cm³/mol. The molecule has 2 N–H and O–H groups in total. The number of fused-ring (bicyclic) bond motifs is 1. The molecule has 172 valence electrons. The van der Waals surface area contributed by atoms with Crippen LogP contribution in [0.15, 0.2) is 35.4 Å². The number of rotatable bonds is 8. The van der Waals surface area contributed by atoms with Gasteiger partial charge in [-0.15, -0.1) is 0 Å². The van der Waals surface area contributed by atoms with Gasteiger partial charge in [-0.25, -0.2) is 4.98 Å². The molecule has 2 aliphatic carbocycles. The number of pyridine rings is 3. The van der Waals surface area contributed by atoms with Crippen LogP contribution in [0.3, 0.4) is 0 Å². The Morgan fingerprint density at radius 1 is 1.15 bits per heavy atom. The first-order valence-electron chi connectivity index (χ1n) is 11.9. The number of aryl methyl sites for hydroxylation is 1. The molecule has 7 nitrogen and oxygen atoms in total. The van der Waals surface area contributed by atoms with Gasteiger partial charge in [0.15, 0.2) is 0 Å². The first-order chi connectivity index (χ1) is 15.9. The van der Waals surface area contributed by atoms with E-state index >= 15 is 0 Å². The van der Waals surface area contributed by atoms with Crippen molar-refractivity contribution in [3.05, 3.63) is 52.2 Å². The fourth-order valence-electron chi connectivity index (χ4n) is 4.31. The van der Waals surface area contributed by atoms with Crippen molar-refractivity contribution in [3.63, 3.8) is 0 Å². The third-order valence-corrected chi connectivity index (χ3v) is 6.64. The molecule has 0 unspecified atom stereocenters. The fraction of sp³-hybridized carbons (Fsp3) is 0.462. The molecular formula is C26H30N4O3. The number of aliphatic hydroxyl groups excluding tert-OH is 1. The molecule has 0 aromatic carbocycles. The molecule has 33 heavy (non-hydrogen) atoms. The highest BCUT2D eigenvalue weighted by Crippen LogP contribution is 2.33. The maximum atomic E-state index is 13.6. The summed E-state index contributed by atoms with van der Waals surface area (Å²) in [4.78, 5) is 34.8. The molecule has 2 fully saturated rings. The number of amides is 1. The van der Waals surface area contributed by atoms with E-state index in [-0.39, 0.29) is 17.4 Å². The Morgan fingerprint density at radius 2 is 1.94 bits per heavy atom. The van der Waals surface area contributed by atoms with Crippen LogP contribution >= 0.6 is 0 Å². The van der Waals surface area contributed by atoms with Crippen molar-refractivity contribution in [3.8, 4) is 11.1 Å². The average molecular weight is 447 g/mol. The van der Waals surface area contributed by atoms with Crippen LogP contribution in [0.4, 0.5) is 5.82 Å². The molecule has 0 saturated heterocycles. The minimum absolute atomic E-state index is 0.00149. The van der Waals surface area contributed by atoms with Crippen molar-refractivity contribution < 1.29 is 9.90 Å². The van der Waals surface area contributed by atoms with Crippen LogP contribution in [0.5, 0.6) is 0 Å². The normalized spacial score (nSPS) is 16.7. The lowest BCUT2D eigenvalue weighted by atomic mass is 10.00. The highest BCUT2D eigenvalue weighted by molar-refractivity contribution is 5.95. The van der Waals surface area contributed by atoms with Crippen LogP contribution in [-0.2, 0) is 11.3 Å². The minimum Gasteiger partial charge on any atom is -0.387 e. The van der Waals surface area contributed by atoms with Crippen LogP contribution in [-0.4, -0.2) is 25.5 Å². The molecule has 1 amide bonds. The SMILES string of the molecule is CCC[C@H](O)c1cc(C)c(-c2cc3cnc(NC(=O)C4CC4)cc3n(CC3CC3)c2=O)cn1. The van der Waals surface area contributed by atoms with E-state index in [1.807, 2.05) is 36.6 Å². The molecule has 0 bridgehead atoms. The molecule has 2 aliphatic rings. The number of nitrogens with one attached hydrogen (secondary N) is 1. The summed E-state index contributed by atoms with van der Waals surface area (Å²) in [6, 6.07) is 5.56. The van der Waals surface area contributed by atoms with E-state index in [0.717, 1.165) is 54.1 Å². The zero-order chi connectivity index (χ0) is 23.1. The van der Waals surface area contributed by atoms with Crippen LogP contribution in [0.25, 0.3) is 22.0 Å². The van der Waals surface area contributed by atoms with Crippen molar-refractivity contribution in [2.24, 2.45) is 11.8 Å². The van der Waals surface area contributed by atoms with Gasteiger partial charge in [-0.2, -0.15) is 0 Å². The summed E-state index contributed by atoms with van der Waals surface area (Å²) in [6.45, 7) is 4.63. The highest BCUT2D eigenvalue weighted by Gasteiger charge is 2.30. The summed E-state index contributed by atoms with van der Waals surface area (Å²) in [6.07, 6.45) is 8.46. The Bertz CT molecular complexity index is 1270. The quantitative estimate of drug-likeness (QED) is 0.536. The number of aliphatic hydroxyl groups is 1. The second-order valence-electron chi connectivity index (χ2n) is 9.54. The molecule has 0 aliphatic heterocycles. The summed E-state index contributed by atoms with van der Waals surface area (Å²) < 4.78 is 1.83. The third-order valence-electron chi connectivity index (χ3n) is 6.64. The molecule has 3 aromatic rings. The topological polar surface area (TPSA) is 97.1 Å². The molecule has 1 atom stereocenters. The summed E-state index contributed by atoms with van der Waals surface area (Å²) >= 11 is 0. The monoisotopic (exact) mass is 446 g/mol. The average Bonchev–Trinajstić information content (AvgIpc) is 3.70. The zero-order valence-electron chi connectivity index (χ0n) is 19.2. The molecule has 2 saturated carbocycles. The Morgan fingerprint density at radius 3 is 2.61 bits per heavy atom. The number of hydrogen-bond donors (Lipinski definition) is 2. The Hall–Kier alpha value is -3.06. The number of carbonyl (C=O) groups excluding carboxylic acids is 1. The van der Waals surface area contributed by atoms with Gasteiger partial charge in [0.05, 0.1) is 17.3 Å². The van der Waals surface area contributed by atoms with Crippen LogP contribution in [0, 0.1) is 18.8 Å². The standard InChI is InChI=1S/C26H30N4O3/c1-3-4-23(31)21-9-15(2)20(13-27-21)19-10-18-12-28-24(29-25(32)17-7-8-17)11-22(18)30(26(19)33)14-16-5-6-16/h9-13,16-17,23,31H,3-8,14H2,1-2H3,(H,28,29,32)/t23-/m0/s1. The Labute approximate surface area is 192 Å². The second-order valence-corrected chi connectivity index (χ2v) is 9.54. The van der Waals surface area contributed by atoms with Crippen LogP contribution in [0.2, 0.25) is 0 Å². The zero-order valence-corrected chi connectivity index (χ0v) is 19.2. The molecular weight excluding hydrogens is 416 g/mol. The Balaban J connectivity index is 1.57. The van der Waals surface area contributed by atoms with Gasteiger partial charge in [-0.05, 0) is 62.6 Å². The van der Waals surface area contributed by atoms with Gasteiger partial charge in [-0.3, -0.25) is 14.6 Å². The van der Waals surface area contributed by atoms with Crippen molar-refractivity contribution in [1.82, 2.24) is 14.5 Å². The lowest BCUT2D eigenvalue weighted by Crippen LogP contribution is -2.24. The van der Waals surface area contributed by atoms with Crippen molar-refractivity contribution in [2.45, 2.75) is 65.0 Å². The number of aromatic nitrogens is 3. The van der Waals surface area contributed by atoms with Gasteiger partial charge in [0.2, 0.25) is 5.91 Å². The second kappa shape index (κ2) is 8.71. The molecule has 0 radical (unpaired) electrons. The van der Waals surface area contributed by atoms with E-state index in [9.17, 15) is 14.7 Å². The highest BCUT2D eigenvalue weighted by atomic mass is 16.3. The van der Waals surface area contributed by atoms with Gasteiger partial charge in [-0.1, -0.05) is 13.3 Å². The number of hydrogen-bond acceptors (Lipinski definition) is 5. The minimum atomic E-state index is -0.598. The Kier molecular flexibility index (Phi) is 5.74. The summed E-state index contributed by atoms with van der Waals surface area (Å²) in [5.74, 6) is 1.09. The number of nitrogens with zero attached hydrogens (tertiary/aromatic N) is 3. The van der Waals surface area contributed by atoms with E-state index in [0.29, 0.717) is 36.0 Å². The molecule has 3 aromatic heterocycles. The lowest BCUT2D eigenvalue weighted by Gasteiger charge is -2.16. The molecule has 0 spiro atoms. The number of anilines is 1. The van der Waals surface area contributed by atoms with E-state index in [1.54, 1.807) is 12.4 Å². The number of carbonyl (C=O) groups is 1. The summed E-state index contributed by atoms with van der Waals surface area (Å²) in [5, 5.41) is 14.1. The van der Waals surface area contributed by atoms with Gasteiger partial charge in [0.25, 0.3) is 5.56 Å². The summed E-state index contributed by atoms with van der Waals surface area (Å²) in [5.41, 5.74) is 3.62. The van der Waals surface area contributed by atoms with E-state index < -0.39 is 6.10 Å². The predicted octanol–water partition coefficient (Wildman–Crippen LogP) is 4.36. The van der Waals surface area contributed by atoms with Gasteiger partial charge in [0.1, 0.15) is 5.82 Å². The third kappa shape index (κ3) is 4.55. The first kappa shape index (κ1) is 21.8. The van der Waals surface area contributed by atoms with Gasteiger partial charge < -0.3 is 15.0 Å². The van der Waals surface area contributed by atoms with Crippen molar-refractivity contribution in [2.75, 3.05) is 5.32 Å². The lowest BCUT2D eigenvalue weighted by molar-refractivity contribution is -0.117. The van der Waals surface area contributed by atoms with E-state index in [2.05, 4.69) is 15.3 Å². The molecule has 5 rings (SSSR count).